The topological polar surface area (TPSA) is 18.5 Å². The number of ether oxygens (including phenoxy) is 2. The van der Waals surface area contributed by atoms with Crippen LogP contribution in [0.1, 0.15) is 30.9 Å². The molecule has 0 amide bonds. The van der Waals surface area contributed by atoms with Gasteiger partial charge in [-0.25, -0.2) is 0 Å². The number of fused-ring (bicyclic) bond motifs is 3. The number of hydrogen-bond acceptors (Lipinski definition) is 2. The first-order valence-electron chi connectivity index (χ1n) is 6.94. The zero-order valence-electron chi connectivity index (χ0n) is 11.4. The Balaban J connectivity index is 1.97. The maximum Gasteiger partial charge on any atom is 0.183 e. The molecule has 19 heavy (non-hydrogen) atoms. The van der Waals surface area contributed by atoms with Crippen LogP contribution >= 0.6 is 0 Å². The van der Waals surface area contributed by atoms with Crippen LogP contribution in [0.25, 0.3) is 5.57 Å². The number of rotatable bonds is 1. The third-order valence-corrected chi connectivity index (χ3v) is 4.74. The monoisotopic (exact) mass is 254 g/mol. The Labute approximate surface area is 113 Å². The quantitative estimate of drug-likeness (QED) is 0.764. The van der Waals surface area contributed by atoms with Crippen molar-refractivity contribution in [2.24, 2.45) is 0 Å². The molecule has 2 heteroatoms. The Morgan fingerprint density at radius 3 is 3.00 bits per heavy atom. The molecule has 0 saturated carbocycles. The van der Waals surface area contributed by atoms with E-state index >= 15 is 0 Å². The van der Waals surface area contributed by atoms with Gasteiger partial charge in [-0.3, -0.25) is 0 Å². The fraction of sp³-hybridized carbons (Fsp3) is 0.412. The fourth-order valence-electron chi connectivity index (χ4n) is 3.95. The van der Waals surface area contributed by atoms with Crippen molar-refractivity contribution in [1.82, 2.24) is 0 Å². The van der Waals surface area contributed by atoms with Crippen LogP contribution in [0, 0.1) is 0 Å². The second kappa shape index (κ2) is 3.81. The second-order valence-electron chi connectivity index (χ2n) is 5.81. The summed E-state index contributed by atoms with van der Waals surface area (Å²) in [6.45, 7) is 3.01. The summed E-state index contributed by atoms with van der Waals surface area (Å²) in [5, 5.41) is 0. The minimum Gasteiger partial charge on any atom is -0.352 e. The molecule has 1 aliphatic heterocycles. The molecule has 1 heterocycles. The molecule has 2 nitrogen and oxygen atoms in total. The minimum atomic E-state index is -0.187. The van der Waals surface area contributed by atoms with Gasteiger partial charge in [-0.05, 0) is 42.0 Å². The summed E-state index contributed by atoms with van der Waals surface area (Å²) in [6.07, 6.45) is 4.34. The Morgan fingerprint density at radius 1 is 1.32 bits per heavy atom. The fourth-order valence-corrected chi connectivity index (χ4v) is 3.95. The van der Waals surface area contributed by atoms with Crippen molar-refractivity contribution in [2.45, 2.75) is 31.5 Å². The standard InChI is InChI=1S/C17H18O2/c1-17-10-19-16(18-2)13-8-5-7-12(15(13)17)11-6-3-4-9-14(11)17/h3-4,6,8-9,16H,5,7,10H2,1-2H3. The molecule has 0 radical (unpaired) electrons. The van der Waals surface area contributed by atoms with Crippen molar-refractivity contribution in [3.63, 3.8) is 0 Å². The Morgan fingerprint density at radius 2 is 2.16 bits per heavy atom. The number of allylic oxidation sites excluding steroid dienone is 2. The van der Waals surface area contributed by atoms with Crippen LogP contribution in [0.15, 0.2) is 41.5 Å². The molecule has 2 atom stereocenters. The lowest BCUT2D eigenvalue weighted by Crippen LogP contribution is -2.41. The summed E-state index contributed by atoms with van der Waals surface area (Å²) in [5.74, 6) is 0. The molecule has 0 spiro atoms. The van der Waals surface area contributed by atoms with E-state index in [0.717, 1.165) is 12.8 Å². The lowest BCUT2D eigenvalue weighted by Gasteiger charge is -2.40. The first-order chi connectivity index (χ1) is 9.25. The van der Waals surface area contributed by atoms with Crippen LogP contribution < -0.4 is 0 Å². The first-order valence-corrected chi connectivity index (χ1v) is 6.94. The molecule has 1 aromatic rings. The van der Waals surface area contributed by atoms with E-state index in [9.17, 15) is 0 Å². The molecule has 4 rings (SSSR count). The Bertz CT molecular complexity index is 611. The third kappa shape index (κ3) is 1.33. The van der Waals surface area contributed by atoms with E-state index in [4.69, 9.17) is 9.47 Å². The van der Waals surface area contributed by atoms with Crippen LogP contribution in [0.4, 0.5) is 0 Å². The lowest BCUT2D eigenvalue weighted by atomic mass is 9.73. The highest BCUT2D eigenvalue weighted by Gasteiger charge is 2.48. The predicted molar refractivity (Wildman–Crippen MR) is 74.8 cm³/mol. The number of methoxy groups -OCH3 is 1. The highest BCUT2D eigenvalue weighted by Crippen LogP contribution is 2.55. The molecule has 2 aliphatic carbocycles. The molecule has 98 valence electrons. The van der Waals surface area contributed by atoms with Gasteiger partial charge in [0.1, 0.15) is 0 Å². The van der Waals surface area contributed by atoms with Gasteiger partial charge in [-0.15, -0.1) is 0 Å². The van der Waals surface area contributed by atoms with E-state index in [0.29, 0.717) is 6.61 Å². The zero-order valence-corrected chi connectivity index (χ0v) is 11.4. The molecular formula is C17H18O2. The summed E-state index contributed by atoms with van der Waals surface area (Å²) in [4.78, 5) is 0. The van der Waals surface area contributed by atoms with Crippen LogP contribution in [-0.4, -0.2) is 20.0 Å². The highest BCUT2D eigenvalue weighted by molar-refractivity contribution is 5.85. The second-order valence-corrected chi connectivity index (χ2v) is 5.81. The molecule has 3 aliphatic rings. The Kier molecular flexibility index (Phi) is 2.30. The van der Waals surface area contributed by atoms with Gasteiger partial charge in [0, 0.05) is 18.1 Å². The van der Waals surface area contributed by atoms with Gasteiger partial charge < -0.3 is 9.47 Å². The number of benzene rings is 1. The molecular weight excluding hydrogens is 236 g/mol. The van der Waals surface area contributed by atoms with E-state index < -0.39 is 0 Å². The summed E-state index contributed by atoms with van der Waals surface area (Å²) in [5.41, 5.74) is 7.09. The normalized spacial score (nSPS) is 31.9. The van der Waals surface area contributed by atoms with Crippen LogP contribution in [0.2, 0.25) is 0 Å². The average Bonchev–Trinajstić information content (AvgIpc) is 2.72. The summed E-state index contributed by atoms with van der Waals surface area (Å²) >= 11 is 0. The Hall–Kier alpha value is -1.38. The molecule has 1 aromatic carbocycles. The maximum atomic E-state index is 5.96. The average molecular weight is 254 g/mol. The van der Waals surface area contributed by atoms with Crippen LogP contribution in [0.5, 0.6) is 0 Å². The van der Waals surface area contributed by atoms with Gasteiger partial charge in [0.2, 0.25) is 0 Å². The van der Waals surface area contributed by atoms with E-state index in [1.54, 1.807) is 7.11 Å². The minimum absolute atomic E-state index is 0.00715. The maximum absolute atomic E-state index is 5.96. The van der Waals surface area contributed by atoms with Crippen molar-refractivity contribution in [1.29, 1.82) is 0 Å². The van der Waals surface area contributed by atoms with E-state index in [1.165, 1.54) is 27.8 Å². The van der Waals surface area contributed by atoms with Crippen molar-refractivity contribution in [3.8, 4) is 0 Å². The summed E-state index contributed by atoms with van der Waals surface area (Å²) < 4.78 is 11.5. The summed E-state index contributed by atoms with van der Waals surface area (Å²) in [6, 6.07) is 8.78. The van der Waals surface area contributed by atoms with Gasteiger partial charge in [0.15, 0.2) is 6.29 Å². The number of hydrogen-bond donors (Lipinski definition) is 0. The lowest BCUT2D eigenvalue weighted by molar-refractivity contribution is -0.119. The van der Waals surface area contributed by atoms with Gasteiger partial charge >= 0.3 is 0 Å². The third-order valence-electron chi connectivity index (χ3n) is 4.74. The molecule has 0 bridgehead atoms. The van der Waals surface area contributed by atoms with Crippen molar-refractivity contribution in [3.05, 3.63) is 52.6 Å². The molecule has 0 N–H and O–H groups in total. The smallest absolute Gasteiger partial charge is 0.183 e. The van der Waals surface area contributed by atoms with Gasteiger partial charge in [0.25, 0.3) is 0 Å². The predicted octanol–water partition coefficient (Wildman–Crippen LogP) is 3.43. The van der Waals surface area contributed by atoms with Crippen LogP contribution in [0.3, 0.4) is 0 Å². The first kappa shape index (κ1) is 11.4. The molecule has 1 fully saturated rings. The van der Waals surface area contributed by atoms with Crippen molar-refractivity contribution < 1.29 is 9.47 Å². The van der Waals surface area contributed by atoms with Crippen LogP contribution in [-0.2, 0) is 14.9 Å². The largest absolute Gasteiger partial charge is 0.352 e. The van der Waals surface area contributed by atoms with E-state index in [2.05, 4.69) is 37.3 Å². The van der Waals surface area contributed by atoms with Gasteiger partial charge in [0.05, 0.1) is 6.61 Å². The van der Waals surface area contributed by atoms with Crippen molar-refractivity contribution >= 4 is 5.57 Å². The van der Waals surface area contributed by atoms with E-state index in [-0.39, 0.29) is 11.7 Å². The summed E-state index contributed by atoms with van der Waals surface area (Å²) in [7, 11) is 1.73. The SMILES string of the molecule is COC1OCC2(C)C3=C(CCC=C31)c1ccccc12. The van der Waals surface area contributed by atoms with Gasteiger partial charge in [-0.1, -0.05) is 30.3 Å². The highest BCUT2D eigenvalue weighted by atomic mass is 16.7. The zero-order chi connectivity index (χ0) is 13.0. The molecule has 0 aromatic heterocycles. The molecule has 1 saturated heterocycles. The van der Waals surface area contributed by atoms with E-state index in [1.807, 2.05) is 0 Å². The molecule has 2 unspecified atom stereocenters. The van der Waals surface area contributed by atoms with Gasteiger partial charge in [-0.2, -0.15) is 0 Å². The van der Waals surface area contributed by atoms with Crippen molar-refractivity contribution in [2.75, 3.05) is 13.7 Å².